The highest BCUT2D eigenvalue weighted by Crippen LogP contribution is 2.25. The molecular weight excluding hydrogens is 388 g/mol. The van der Waals surface area contributed by atoms with Crippen molar-refractivity contribution in [3.8, 4) is 5.69 Å². The summed E-state index contributed by atoms with van der Waals surface area (Å²) in [6.45, 7) is 4.96. The highest BCUT2D eigenvalue weighted by molar-refractivity contribution is 5.88. The highest BCUT2D eigenvalue weighted by Gasteiger charge is 2.34. The summed E-state index contributed by atoms with van der Waals surface area (Å²) < 4.78 is 1.93. The van der Waals surface area contributed by atoms with E-state index in [1.807, 2.05) is 67.1 Å². The van der Waals surface area contributed by atoms with Gasteiger partial charge in [0.05, 0.1) is 6.33 Å². The van der Waals surface area contributed by atoms with E-state index in [1.54, 1.807) is 17.4 Å². The van der Waals surface area contributed by atoms with Gasteiger partial charge in [-0.1, -0.05) is 50.2 Å². The van der Waals surface area contributed by atoms with Crippen LogP contribution in [0.4, 0.5) is 0 Å². The maximum absolute atomic E-state index is 13.1. The van der Waals surface area contributed by atoms with Crippen molar-refractivity contribution >= 4 is 11.8 Å². The number of benzene rings is 2. The minimum absolute atomic E-state index is 0.0364. The topological polar surface area (TPSA) is 67.2 Å². The van der Waals surface area contributed by atoms with E-state index in [0.717, 1.165) is 22.4 Å². The molecule has 6 nitrogen and oxygen atoms in total. The van der Waals surface area contributed by atoms with Crippen LogP contribution in [-0.2, 0) is 29.1 Å². The fraction of sp³-hybridized carbons (Fsp3) is 0.320. The standard InChI is InChI=1S/C25H28N4O2/c1-18(2)13-24(30)29-16-21-6-4-3-5-20(21)14-23(29)25(31)27-15-19-7-9-22(10-8-19)28-12-11-26-17-28/h3-12,17-18,23H,13-16H2,1-2H3,(H,27,31). The van der Waals surface area contributed by atoms with E-state index in [4.69, 9.17) is 0 Å². The van der Waals surface area contributed by atoms with E-state index in [9.17, 15) is 9.59 Å². The molecule has 31 heavy (non-hydrogen) atoms. The number of amides is 2. The van der Waals surface area contributed by atoms with E-state index < -0.39 is 6.04 Å². The van der Waals surface area contributed by atoms with Gasteiger partial charge in [-0.3, -0.25) is 9.59 Å². The summed E-state index contributed by atoms with van der Waals surface area (Å²) in [6, 6.07) is 15.6. The number of fused-ring (bicyclic) bond motifs is 1. The van der Waals surface area contributed by atoms with Crippen LogP contribution in [0.3, 0.4) is 0 Å². The summed E-state index contributed by atoms with van der Waals surface area (Å²) >= 11 is 0. The molecule has 2 amide bonds. The fourth-order valence-corrected chi connectivity index (χ4v) is 3.99. The Morgan fingerprint density at radius 2 is 1.84 bits per heavy atom. The Morgan fingerprint density at radius 3 is 2.52 bits per heavy atom. The fourth-order valence-electron chi connectivity index (χ4n) is 3.99. The van der Waals surface area contributed by atoms with Gasteiger partial charge in [-0.05, 0) is 34.7 Å². The summed E-state index contributed by atoms with van der Waals surface area (Å²) in [5.74, 6) is 0.182. The first-order valence-electron chi connectivity index (χ1n) is 10.7. The number of carbonyl (C=O) groups excluding carboxylic acids is 2. The van der Waals surface area contributed by atoms with E-state index in [2.05, 4.69) is 16.4 Å². The van der Waals surface area contributed by atoms with Crippen molar-refractivity contribution in [1.29, 1.82) is 0 Å². The van der Waals surface area contributed by atoms with Gasteiger partial charge in [-0.15, -0.1) is 0 Å². The Morgan fingerprint density at radius 1 is 1.10 bits per heavy atom. The SMILES string of the molecule is CC(C)CC(=O)N1Cc2ccccc2CC1C(=O)NCc1ccc(-n2ccnc2)cc1. The molecule has 0 saturated heterocycles. The number of hydrogen-bond acceptors (Lipinski definition) is 3. The third kappa shape index (κ3) is 4.85. The van der Waals surface area contributed by atoms with Crippen molar-refractivity contribution in [3.05, 3.63) is 83.9 Å². The number of nitrogens with zero attached hydrogens (tertiary/aromatic N) is 3. The van der Waals surface area contributed by atoms with Crippen LogP contribution in [0.15, 0.2) is 67.3 Å². The Labute approximate surface area is 182 Å². The number of carbonyl (C=O) groups is 2. The van der Waals surface area contributed by atoms with Crippen molar-refractivity contribution in [3.63, 3.8) is 0 Å². The summed E-state index contributed by atoms with van der Waals surface area (Å²) in [6.07, 6.45) is 6.37. The third-order valence-corrected chi connectivity index (χ3v) is 5.66. The molecule has 0 fully saturated rings. The average Bonchev–Trinajstić information content (AvgIpc) is 3.31. The lowest BCUT2D eigenvalue weighted by Gasteiger charge is -2.36. The summed E-state index contributed by atoms with van der Waals surface area (Å²) in [5.41, 5.74) is 4.29. The van der Waals surface area contributed by atoms with Crippen LogP contribution in [0.2, 0.25) is 0 Å². The second-order valence-electron chi connectivity index (χ2n) is 8.46. The Hall–Kier alpha value is -3.41. The van der Waals surface area contributed by atoms with Gasteiger partial charge in [0.25, 0.3) is 0 Å². The normalized spacial score (nSPS) is 15.6. The monoisotopic (exact) mass is 416 g/mol. The van der Waals surface area contributed by atoms with E-state index >= 15 is 0 Å². The molecule has 1 atom stereocenters. The Balaban J connectivity index is 1.45. The van der Waals surface area contributed by atoms with Crippen molar-refractivity contribution in [1.82, 2.24) is 19.8 Å². The minimum Gasteiger partial charge on any atom is -0.350 e. The van der Waals surface area contributed by atoms with E-state index in [-0.39, 0.29) is 17.7 Å². The van der Waals surface area contributed by atoms with Gasteiger partial charge in [-0.2, -0.15) is 0 Å². The van der Waals surface area contributed by atoms with Crippen LogP contribution in [0.5, 0.6) is 0 Å². The lowest BCUT2D eigenvalue weighted by molar-refractivity contribution is -0.142. The molecular formula is C25H28N4O2. The van der Waals surface area contributed by atoms with Gasteiger partial charge in [-0.25, -0.2) is 4.98 Å². The molecule has 4 rings (SSSR count). The van der Waals surface area contributed by atoms with Crippen LogP contribution in [0, 0.1) is 5.92 Å². The molecule has 1 N–H and O–H groups in total. The number of nitrogens with one attached hydrogen (secondary N) is 1. The zero-order valence-corrected chi connectivity index (χ0v) is 18.0. The number of rotatable bonds is 6. The first-order valence-corrected chi connectivity index (χ1v) is 10.7. The Bertz CT molecular complexity index is 1040. The van der Waals surface area contributed by atoms with Crippen LogP contribution >= 0.6 is 0 Å². The quantitative estimate of drug-likeness (QED) is 0.669. The van der Waals surface area contributed by atoms with Crippen molar-refractivity contribution in [2.24, 2.45) is 5.92 Å². The lowest BCUT2D eigenvalue weighted by Crippen LogP contribution is -2.52. The van der Waals surface area contributed by atoms with Crippen molar-refractivity contribution < 1.29 is 9.59 Å². The van der Waals surface area contributed by atoms with E-state index in [0.29, 0.717) is 25.9 Å². The molecule has 0 radical (unpaired) electrons. The molecule has 0 spiro atoms. The van der Waals surface area contributed by atoms with Gasteiger partial charge in [0.1, 0.15) is 6.04 Å². The van der Waals surface area contributed by atoms with Crippen LogP contribution in [0.1, 0.15) is 37.0 Å². The molecule has 2 aromatic carbocycles. The predicted octanol–water partition coefficient (Wildman–Crippen LogP) is 3.49. The third-order valence-electron chi connectivity index (χ3n) is 5.66. The molecule has 0 bridgehead atoms. The number of imidazole rings is 1. The van der Waals surface area contributed by atoms with Crippen molar-refractivity contribution in [2.75, 3.05) is 0 Å². The molecule has 0 saturated carbocycles. The second kappa shape index (κ2) is 9.16. The zero-order valence-electron chi connectivity index (χ0n) is 18.0. The van der Waals surface area contributed by atoms with Gasteiger partial charge < -0.3 is 14.8 Å². The summed E-state index contributed by atoms with van der Waals surface area (Å²) in [4.78, 5) is 31.8. The van der Waals surface area contributed by atoms with Gasteiger partial charge >= 0.3 is 0 Å². The summed E-state index contributed by atoms with van der Waals surface area (Å²) in [5, 5.41) is 3.04. The molecule has 3 aromatic rings. The Kier molecular flexibility index (Phi) is 6.16. The molecule has 6 heteroatoms. The van der Waals surface area contributed by atoms with Crippen LogP contribution in [-0.4, -0.2) is 32.3 Å². The molecule has 1 unspecified atom stereocenters. The van der Waals surface area contributed by atoms with Crippen LogP contribution in [0.25, 0.3) is 5.69 Å². The zero-order chi connectivity index (χ0) is 21.8. The highest BCUT2D eigenvalue weighted by atomic mass is 16.2. The van der Waals surface area contributed by atoms with Crippen LogP contribution < -0.4 is 5.32 Å². The maximum atomic E-state index is 13.1. The van der Waals surface area contributed by atoms with Gasteiger partial charge in [0.2, 0.25) is 11.8 Å². The maximum Gasteiger partial charge on any atom is 0.243 e. The number of hydrogen-bond donors (Lipinski definition) is 1. The smallest absolute Gasteiger partial charge is 0.243 e. The number of aromatic nitrogens is 2. The van der Waals surface area contributed by atoms with E-state index in [1.165, 1.54) is 0 Å². The van der Waals surface area contributed by atoms with Crippen molar-refractivity contribution in [2.45, 2.75) is 45.8 Å². The molecule has 2 heterocycles. The molecule has 1 aromatic heterocycles. The minimum atomic E-state index is -0.480. The molecule has 1 aliphatic heterocycles. The average molecular weight is 417 g/mol. The predicted molar refractivity (Wildman–Crippen MR) is 119 cm³/mol. The largest absolute Gasteiger partial charge is 0.350 e. The molecule has 1 aliphatic rings. The first-order chi connectivity index (χ1) is 15.0. The lowest BCUT2D eigenvalue weighted by atomic mass is 9.92. The molecule has 160 valence electrons. The second-order valence-corrected chi connectivity index (χ2v) is 8.46. The first kappa shape index (κ1) is 20.8. The van der Waals surface area contributed by atoms with Gasteiger partial charge in [0.15, 0.2) is 0 Å². The molecule has 0 aliphatic carbocycles. The van der Waals surface area contributed by atoms with Gasteiger partial charge in [0, 0.05) is 44.0 Å². The summed E-state index contributed by atoms with van der Waals surface area (Å²) in [7, 11) is 0.